The monoisotopic (exact) mass is 320 g/mol. The molecule has 112 valence electrons. The Balaban J connectivity index is 0.00000361. The summed E-state index contributed by atoms with van der Waals surface area (Å²) in [5.74, 6) is -0.271. The van der Waals surface area contributed by atoms with Gasteiger partial charge in [0.2, 0.25) is 5.91 Å². The van der Waals surface area contributed by atoms with Gasteiger partial charge in [-0.25, -0.2) is 4.79 Å². The van der Waals surface area contributed by atoms with E-state index in [1.165, 1.54) is 0 Å². The van der Waals surface area contributed by atoms with Gasteiger partial charge in [0.1, 0.15) is 0 Å². The summed E-state index contributed by atoms with van der Waals surface area (Å²) in [7, 11) is 0. The van der Waals surface area contributed by atoms with Crippen LogP contribution in [0, 0.1) is 0 Å². The van der Waals surface area contributed by atoms with Crippen LogP contribution in [0.2, 0.25) is 5.02 Å². The first-order valence-electron chi connectivity index (χ1n) is 5.84. The smallest absolute Gasteiger partial charge is 0.315 e. The first-order valence-corrected chi connectivity index (χ1v) is 6.22. The summed E-state index contributed by atoms with van der Waals surface area (Å²) in [5.41, 5.74) is 6.15. The van der Waals surface area contributed by atoms with E-state index in [0.29, 0.717) is 24.7 Å². The van der Waals surface area contributed by atoms with Crippen LogP contribution in [0.4, 0.5) is 4.79 Å². The van der Waals surface area contributed by atoms with Crippen molar-refractivity contribution in [1.29, 1.82) is 0 Å². The number of rotatable bonds is 6. The van der Waals surface area contributed by atoms with Crippen LogP contribution in [-0.4, -0.2) is 31.6 Å². The van der Waals surface area contributed by atoms with E-state index < -0.39 is 6.03 Å². The molecule has 0 unspecified atom stereocenters. The molecular weight excluding hydrogens is 303 g/mol. The topological polar surface area (TPSA) is 96.2 Å². The average molecular weight is 321 g/mol. The van der Waals surface area contributed by atoms with E-state index in [4.69, 9.17) is 17.3 Å². The van der Waals surface area contributed by atoms with Gasteiger partial charge >= 0.3 is 6.03 Å². The molecule has 0 aliphatic carbocycles. The molecule has 0 aromatic heterocycles. The van der Waals surface area contributed by atoms with Crippen molar-refractivity contribution in [3.8, 4) is 0 Å². The highest BCUT2D eigenvalue weighted by Gasteiger charge is 2.04. The van der Waals surface area contributed by atoms with Crippen molar-refractivity contribution >= 4 is 35.9 Å². The number of hydrogen-bond acceptors (Lipinski definition) is 3. The van der Waals surface area contributed by atoms with Crippen LogP contribution < -0.4 is 21.7 Å². The molecule has 1 rings (SSSR count). The molecular formula is C12H18Cl2N4O2. The van der Waals surface area contributed by atoms with Crippen molar-refractivity contribution in [3.63, 3.8) is 0 Å². The lowest BCUT2D eigenvalue weighted by atomic mass is 10.2. The third-order valence-electron chi connectivity index (χ3n) is 2.24. The molecule has 0 radical (unpaired) electrons. The zero-order chi connectivity index (χ0) is 14.1. The molecule has 8 heteroatoms. The van der Waals surface area contributed by atoms with E-state index in [9.17, 15) is 9.59 Å². The van der Waals surface area contributed by atoms with Crippen molar-refractivity contribution in [2.75, 3.05) is 19.6 Å². The Morgan fingerprint density at radius 1 is 1.10 bits per heavy atom. The fourth-order valence-corrected chi connectivity index (χ4v) is 1.41. The van der Waals surface area contributed by atoms with E-state index in [1.54, 1.807) is 12.1 Å². The Bertz CT molecular complexity index is 426. The average Bonchev–Trinajstić information content (AvgIpc) is 2.42. The van der Waals surface area contributed by atoms with Gasteiger partial charge in [0.15, 0.2) is 0 Å². The predicted molar refractivity (Wildman–Crippen MR) is 81.0 cm³/mol. The quantitative estimate of drug-likeness (QED) is 0.619. The number of urea groups is 1. The molecule has 0 bridgehead atoms. The van der Waals surface area contributed by atoms with Crippen LogP contribution >= 0.6 is 24.0 Å². The lowest BCUT2D eigenvalue weighted by Gasteiger charge is -2.08. The van der Waals surface area contributed by atoms with Crippen LogP contribution in [0.15, 0.2) is 24.3 Å². The Hall–Kier alpha value is -1.50. The second-order valence-corrected chi connectivity index (χ2v) is 4.24. The molecule has 1 aromatic rings. The first kappa shape index (κ1) is 18.5. The summed E-state index contributed by atoms with van der Waals surface area (Å²) >= 11 is 5.75. The molecule has 1 aromatic carbocycles. The minimum absolute atomic E-state index is 0. The summed E-state index contributed by atoms with van der Waals surface area (Å²) < 4.78 is 0. The van der Waals surface area contributed by atoms with Crippen LogP contribution in [0.1, 0.15) is 5.56 Å². The normalized spacial score (nSPS) is 9.30. The van der Waals surface area contributed by atoms with Crippen LogP contribution in [0.3, 0.4) is 0 Å². The number of nitrogens with two attached hydrogens (primary N) is 1. The van der Waals surface area contributed by atoms with Crippen molar-refractivity contribution in [2.24, 2.45) is 5.73 Å². The van der Waals surface area contributed by atoms with Gasteiger partial charge in [-0.1, -0.05) is 23.7 Å². The summed E-state index contributed by atoms with van der Waals surface area (Å²) in [5, 5.41) is 8.27. The number of halogens is 2. The molecule has 0 spiro atoms. The summed E-state index contributed by atoms with van der Waals surface area (Å²) in [6, 6.07) is 6.72. The third kappa shape index (κ3) is 7.83. The maximum atomic E-state index is 11.4. The zero-order valence-corrected chi connectivity index (χ0v) is 12.4. The zero-order valence-electron chi connectivity index (χ0n) is 10.8. The molecule has 0 aliphatic rings. The minimum Gasteiger partial charge on any atom is -0.353 e. The summed E-state index contributed by atoms with van der Waals surface area (Å²) in [4.78, 5) is 22.6. The van der Waals surface area contributed by atoms with Gasteiger partial charge in [0.05, 0.1) is 6.54 Å². The highest BCUT2D eigenvalue weighted by molar-refractivity contribution is 6.30. The highest BCUT2D eigenvalue weighted by atomic mass is 35.5. The maximum Gasteiger partial charge on any atom is 0.315 e. The van der Waals surface area contributed by atoms with Gasteiger partial charge in [-0.05, 0) is 17.7 Å². The van der Waals surface area contributed by atoms with Gasteiger partial charge in [-0.2, -0.15) is 0 Å². The van der Waals surface area contributed by atoms with Crippen LogP contribution in [-0.2, 0) is 11.3 Å². The molecule has 20 heavy (non-hydrogen) atoms. The van der Waals surface area contributed by atoms with Crippen molar-refractivity contribution in [1.82, 2.24) is 16.0 Å². The van der Waals surface area contributed by atoms with Gasteiger partial charge < -0.3 is 21.7 Å². The maximum absolute atomic E-state index is 11.4. The van der Waals surface area contributed by atoms with E-state index in [2.05, 4.69) is 16.0 Å². The Morgan fingerprint density at radius 3 is 2.35 bits per heavy atom. The van der Waals surface area contributed by atoms with E-state index in [1.807, 2.05) is 12.1 Å². The van der Waals surface area contributed by atoms with Crippen LogP contribution in [0.25, 0.3) is 0 Å². The largest absolute Gasteiger partial charge is 0.353 e. The van der Waals surface area contributed by atoms with Crippen molar-refractivity contribution in [3.05, 3.63) is 34.9 Å². The lowest BCUT2D eigenvalue weighted by Crippen LogP contribution is -2.42. The molecule has 0 atom stereocenters. The Kier molecular flexibility index (Phi) is 9.53. The molecule has 0 saturated carbocycles. The van der Waals surface area contributed by atoms with Crippen molar-refractivity contribution < 1.29 is 9.59 Å². The number of hydrogen-bond donors (Lipinski definition) is 4. The van der Waals surface area contributed by atoms with E-state index in [-0.39, 0.29) is 24.9 Å². The fraction of sp³-hybridized carbons (Fsp3) is 0.333. The molecule has 0 aliphatic heterocycles. The molecule has 0 heterocycles. The molecule has 6 nitrogen and oxygen atoms in total. The van der Waals surface area contributed by atoms with Crippen molar-refractivity contribution in [2.45, 2.75) is 6.54 Å². The molecule has 0 saturated heterocycles. The lowest BCUT2D eigenvalue weighted by molar-refractivity contribution is -0.120. The second kappa shape index (κ2) is 10.3. The molecule has 0 fully saturated rings. The van der Waals surface area contributed by atoms with Gasteiger partial charge in [-0.15, -0.1) is 12.4 Å². The van der Waals surface area contributed by atoms with Gasteiger partial charge in [0.25, 0.3) is 0 Å². The second-order valence-electron chi connectivity index (χ2n) is 3.80. The first-order chi connectivity index (χ1) is 9.11. The number of amides is 3. The van der Waals surface area contributed by atoms with Gasteiger partial charge in [0, 0.05) is 24.7 Å². The number of carbonyl (C=O) groups excluding carboxylic acids is 2. The number of carbonyl (C=O) groups is 2. The molecule has 3 amide bonds. The van der Waals surface area contributed by atoms with E-state index in [0.717, 1.165) is 5.56 Å². The SMILES string of the molecule is Cl.NCCNC(=O)CNC(=O)NCc1ccc(Cl)cc1. The van der Waals surface area contributed by atoms with Crippen LogP contribution in [0.5, 0.6) is 0 Å². The predicted octanol–water partition coefficient (Wildman–Crippen LogP) is 0.636. The minimum atomic E-state index is -0.405. The summed E-state index contributed by atoms with van der Waals surface area (Å²) in [6.45, 7) is 1.06. The van der Waals surface area contributed by atoms with E-state index >= 15 is 0 Å². The summed E-state index contributed by atoms with van der Waals surface area (Å²) in [6.07, 6.45) is 0. The molecule has 5 N–H and O–H groups in total. The van der Waals surface area contributed by atoms with Gasteiger partial charge in [-0.3, -0.25) is 4.79 Å². The highest BCUT2D eigenvalue weighted by Crippen LogP contribution is 2.08. The Morgan fingerprint density at radius 2 is 1.75 bits per heavy atom. The Labute approximate surface area is 128 Å². The number of benzene rings is 1. The number of nitrogens with one attached hydrogen (secondary N) is 3. The fourth-order valence-electron chi connectivity index (χ4n) is 1.28. The standard InChI is InChI=1S/C12H17ClN4O2.ClH/c13-10-3-1-9(2-4-10)7-16-12(19)17-8-11(18)15-6-5-14;/h1-4H,5-8,14H2,(H,15,18)(H2,16,17,19);1H. The third-order valence-corrected chi connectivity index (χ3v) is 2.49.